The molecule has 1 aliphatic heterocycles. The van der Waals surface area contributed by atoms with Crippen LogP contribution in [0, 0.1) is 0 Å². The Hall–Kier alpha value is -4.42. The number of carbonyl (C=O) groups is 1. The van der Waals surface area contributed by atoms with Gasteiger partial charge < -0.3 is 14.6 Å². The second-order valence-electron chi connectivity index (χ2n) is 9.46. The van der Waals surface area contributed by atoms with E-state index in [4.69, 9.17) is 25.1 Å². The van der Waals surface area contributed by atoms with Crippen LogP contribution in [0.1, 0.15) is 35.6 Å². The lowest BCUT2D eigenvalue weighted by Crippen LogP contribution is -2.52. The molecule has 3 N–H and O–H groups in total. The Morgan fingerprint density at radius 1 is 1.12 bits per heavy atom. The molecular formula is C29H32N6O6S. The van der Waals surface area contributed by atoms with Gasteiger partial charge in [0.2, 0.25) is 5.90 Å². The highest BCUT2D eigenvalue weighted by atomic mass is 32.2. The molecule has 2 atom stereocenters. The molecular weight excluding hydrogens is 560 g/mol. The molecule has 12 nitrogen and oxygen atoms in total. The monoisotopic (exact) mass is 592 g/mol. The summed E-state index contributed by atoms with van der Waals surface area (Å²) in [5.74, 6) is -0.254. The molecule has 0 radical (unpaired) electrons. The third-order valence-corrected chi connectivity index (χ3v) is 8.50. The van der Waals surface area contributed by atoms with Gasteiger partial charge in [0.15, 0.2) is 21.5 Å². The number of aliphatic imine (C=N–C) groups is 1. The number of nitrogens with zero attached hydrogens (tertiary/aromatic N) is 4. The van der Waals surface area contributed by atoms with Crippen LogP contribution in [-0.2, 0) is 25.9 Å². The van der Waals surface area contributed by atoms with Crippen LogP contribution >= 0.6 is 0 Å². The van der Waals surface area contributed by atoms with Gasteiger partial charge in [-0.05, 0) is 53.1 Å². The molecule has 1 heterocycles. The number of nitrogens with one attached hydrogen (secondary N) is 2. The average molecular weight is 593 g/mol. The minimum absolute atomic E-state index is 0.00617. The van der Waals surface area contributed by atoms with Gasteiger partial charge in [-0.25, -0.2) is 18.8 Å². The van der Waals surface area contributed by atoms with E-state index in [1.165, 1.54) is 19.2 Å². The van der Waals surface area contributed by atoms with Crippen LogP contribution in [0.4, 0.5) is 0 Å². The van der Waals surface area contributed by atoms with Gasteiger partial charge in [0.25, 0.3) is 5.91 Å². The summed E-state index contributed by atoms with van der Waals surface area (Å²) in [6.45, 7) is 0.357. The van der Waals surface area contributed by atoms with Crippen molar-refractivity contribution in [3.8, 4) is 5.75 Å². The molecule has 0 saturated carbocycles. The Kier molecular flexibility index (Phi) is 10.2. The summed E-state index contributed by atoms with van der Waals surface area (Å²) in [6.07, 6.45) is -0.759. The molecule has 0 fully saturated rings. The summed E-state index contributed by atoms with van der Waals surface area (Å²) < 4.78 is 38.7. The lowest BCUT2D eigenvalue weighted by molar-refractivity contribution is -0.130. The Morgan fingerprint density at radius 2 is 1.83 bits per heavy atom. The number of benzene rings is 3. The van der Waals surface area contributed by atoms with E-state index in [0.717, 1.165) is 0 Å². The number of amides is 1. The summed E-state index contributed by atoms with van der Waals surface area (Å²) in [5.41, 5.74) is 14.2. The number of hydrazine groups is 1. The van der Waals surface area contributed by atoms with Crippen LogP contribution < -0.4 is 15.6 Å². The minimum atomic E-state index is -3.79. The topological polar surface area (TPSA) is 175 Å². The SMILES string of the molecule is CNNC(=O)[C@@]1(CCS(=O)(=O)c2ccccc2)N=C(c2ccc(OCCCO)cc2)O[C@H]1c1ccccc1CN=[N+]=[N-]. The van der Waals surface area contributed by atoms with E-state index in [1.54, 1.807) is 66.7 Å². The van der Waals surface area contributed by atoms with Crippen molar-refractivity contribution in [1.82, 2.24) is 10.9 Å². The molecule has 0 bridgehead atoms. The summed E-state index contributed by atoms with van der Waals surface area (Å²) in [5, 5.41) is 12.7. The van der Waals surface area contributed by atoms with Crippen LogP contribution in [0.3, 0.4) is 0 Å². The Labute approximate surface area is 243 Å². The number of aliphatic hydroxyl groups is 1. The molecule has 13 heteroatoms. The Bertz CT molecular complexity index is 1560. The number of carbonyl (C=O) groups excluding carboxylic acids is 1. The van der Waals surface area contributed by atoms with Gasteiger partial charge in [-0.1, -0.05) is 47.6 Å². The van der Waals surface area contributed by atoms with Crippen molar-refractivity contribution in [2.45, 2.75) is 35.9 Å². The first-order chi connectivity index (χ1) is 20.3. The maximum Gasteiger partial charge on any atom is 0.266 e. The summed E-state index contributed by atoms with van der Waals surface area (Å²) in [4.78, 5) is 21.6. The normalized spacial score (nSPS) is 18.0. The minimum Gasteiger partial charge on any atom is -0.494 e. The number of aliphatic hydroxyl groups excluding tert-OH is 1. The van der Waals surface area contributed by atoms with Gasteiger partial charge >= 0.3 is 0 Å². The number of azide groups is 1. The molecule has 3 aromatic carbocycles. The molecule has 4 rings (SSSR count). The molecule has 42 heavy (non-hydrogen) atoms. The number of rotatable bonds is 14. The van der Waals surface area contributed by atoms with Crippen molar-refractivity contribution in [3.05, 3.63) is 106 Å². The molecule has 220 valence electrons. The highest BCUT2D eigenvalue weighted by molar-refractivity contribution is 7.91. The molecule has 0 unspecified atom stereocenters. The van der Waals surface area contributed by atoms with E-state index in [2.05, 4.69) is 20.9 Å². The number of sulfone groups is 1. The van der Waals surface area contributed by atoms with Crippen molar-refractivity contribution in [3.63, 3.8) is 0 Å². The molecule has 0 saturated heterocycles. The van der Waals surface area contributed by atoms with Gasteiger partial charge in [0.05, 0.1) is 23.8 Å². The first-order valence-electron chi connectivity index (χ1n) is 13.3. The van der Waals surface area contributed by atoms with Crippen molar-refractivity contribution < 1.29 is 27.8 Å². The fourth-order valence-electron chi connectivity index (χ4n) is 4.65. The van der Waals surface area contributed by atoms with Crippen molar-refractivity contribution in [2.24, 2.45) is 10.1 Å². The first-order valence-corrected chi connectivity index (χ1v) is 14.9. The Balaban J connectivity index is 1.79. The number of ether oxygens (including phenoxy) is 2. The van der Waals surface area contributed by atoms with E-state index in [1.807, 2.05) is 0 Å². The van der Waals surface area contributed by atoms with Gasteiger partial charge in [-0.3, -0.25) is 10.2 Å². The zero-order chi connectivity index (χ0) is 30.0. The standard InChI is InChI=1S/C29H32N6O6S/c1-31-34-28(37)29(16-19-42(38,39)24-9-3-2-4-10-24)26(25-11-6-5-8-22(25)20-32-35-30)41-27(33-29)21-12-14-23(15-13-21)40-18-7-17-36/h2-6,8-15,26,31,36H,7,16-20H2,1H3,(H,34,37)/t26-,29-/m0/s1. The summed E-state index contributed by atoms with van der Waals surface area (Å²) in [7, 11) is -2.27. The maximum absolute atomic E-state index is 13.8. The smallest absolute Gasteiger partial charge is 0.266 e. The fraction of sp³-hybridized carbons (Fsp3) is 0.310. The third kappa shape index (κ3) is 6.89. The zero-order valence-corrected chi connectivity index (χ0v) is 23.8. The quantitative estimate of drug-likeness (QED) is 0.0842. The lowest BCUT2D eigenvalue weighted by Gasteiger charge is -2.31. The molecule has 3 aromatic rings. The van der Waals surface area contributed by atoms with Crippen LogP contribution in [0.5, 0.6) is 5.75 Å². The summed E-state index contributed by atoms with van der Waals surface area (Å²) >= 11 is 0. The number of hydrogen-bond acceptors (Lipinski definition) is 9. The third-order valence-electron chi connectivity index (χ3n) is 6.76. The maximum atomic E-state index is 13.8. The molecule has 0 aliphatic carbocycles. The highest BCUT2D eigenvalue weighted by Gasteiger charge is 2.54. The molecule has 1 amide bonds. The van der Waals surface area contributed by atoms with E-state index in [9.17, 15) is 13.2 Å². The number of hydrogen-bond donors (Lipinski definition) is 3. The highest BCUT2D eigenvalue weighted by Crippen LogP contribution is 2.44. The second-order valence-corrected chi connectivity index (χ2v) is 11.6. The Morgan fingerprint density at radius 3 is 2.52 bits per heavy atom. The van der Waals surface area contributed by atoms with E-state index < -0.39 is 27.4 Å². The fourth-order valence-corrected chi connectivity index (χ4v) is 6.03. The summed E-state index contributed by atoms with van der Waals surface area (Å²) in [6, 6.07) is 21.9. The van der Waals surface area contributed by atoms with Gasteiger partial charge in [-0.15, -0.1) is 0 Å². The van der Waals surface area contributed by atoms with Crippen LogP contribution in [0.15, 0.2) is 93.9 Å². The lowest BCUT2D eigenvalue weighted by atomic mass is 9.83. The largest absolute Gasteiger partial charge is 0.494 e. The van der Waals surface area contributed by atoms with E-state index in [0.29, 0.717) is 35.5 Å². The predicted octanol–water partition coefficient (Wildman–Crippen LogP) is 3.63. The first kappa shape index (κ1) is 30.5. The van der Waals surface area contributed by atoms with Crippen molar-refractivity contribution in [2.75, 3.05) is 26.0 Å². The second kappa shape index (κ2) is 14.0. The van der Waals surface area contributed by atoms with Crippen molar-refractivity contribution >= 4 is 21.6 Å². The van der Waals surface area contributed by atoms with E-state index >= 15 is 0 Å². The molecule has 1 aliphatic rings. The average Bonchev–Trinajstić information content (AvgIpc) is 3.41. The molecule has 0 aromatic heterocycles. The van der Waals surface area contributed by atoms with E-state index in [-0.39, 0.29) is 36.1 Å². The van der Waals surface area contributed by atoms with Gasteiger partial charge in [0.1, 0.15) is 5.75 Å². The van der Waals surface area contributed by atoms with Crippen LogP contribution in [0.25, 0.3) is 10.4 Å². The van der Waals surface area contributed by atoms with Crippen LogP contribution in [-0.4, -0.2) is 56.9 Å². The zero-order valence-electron chi connectivity index (χ0n) is 23.0. The van der Waals surface area contributed by atoms with Gasteiger partial charge in [0, 0.05) is 37.0 Å². The predicted molar refractivity (Wildman–Crippen MR) is 156 cm³/mol. The molecule has 0 spiro atoms. The van der Waals surface area contributed by atoms with Crippen molar-refractivity contribution in [1.29, 1.82) is 0 Å². The van der Waals surface area contributed by atoms with Gasteiger partial charge in [-0.2, -0.15) is 0 Å². The van der Waals surface area contributed by atoms with Crippen LogP contribution in [0.2, 0.25) is 0 Å².